The van der Waals surface area contributed by atoms with Crippen LogP contribution in [0.15, 0.2) is 0 Å². The number of esters is 1. The van der Waals surface area contributed by atoms with Crippen molar-refractivity contribution in [2.75, 3.05) is 13.4 Å². The zero-order valence-corrected chi connectivity index (χ0v) is 9.92. The topological polar surface area (TPSA) is 69.7 Å². The third-order valence-electron chi connectivity index (χ3n) is 1.54. The van der Waals surface area contributed by atoms with E-state index in [1.807, 2.05) is 0 Å². The minimum Gasteiger partial charge on any atom is -0.467 e. The van der Waals surface area contributed by atoms with E-state index in [0.717, 1.165) is 13.4 Å². The first-order valence-electron chi connectivity index (χ1n) is 4.20. The molecule has 0 saturated carbocycles. The second-order valence-corrected chi connectivity index (χ2v) is 4.53. The predicted molar refractivity (Wildman–Crippen MR) is 54.3 cm³/mol. The molecular formula is C9H14O5S. The van der Waals surface area contributed by atoms with E-state index in [2.05, 4.69) is 20.8 Å². The maximum Gasteiger partial charge on any atom is 0.337 e. The highest BCUT2D eigenvalue weighted by molar-refractivity contribution is 7.86. The molecule has 0 aromatic carbocycles. The number of hydrogen-bond donors (Lipinski definition) is 0. The van der Waals surface area contributed by atoms with E-state index < -0.39 is 28.1 Å². The molecule has 0 bridgehead atoms. The normalized spacial score (nSPS) is 14.7. The number of ether oxygens (including phenoxy) is 1. The SMILES string of the molecule is CC#C[C@H](C)[C@@H](OS(C)(=O)=O)C(=O)OC. The molecule has 15 heavy (non-hydrogen) atoms. The Labute approximate surface area is 89.9 Å². The smallest absolute Gasteiger partial charge is 0.337 e. The lowest BCUT2D eigenvalue weighted by Gasteiger charge is -2.16. The predicted octanol–water partition coefficient (Wildman–Crippen LogP) is 0.164. The monoisotopic (exact) mass is 234 g/mol. The van der Waals surface area contributed by atoms with Crippen molar-refractivity contribution in [3.63, 3.8) is 0 Å². The second-order valence-electron chi connectivity index (χ2n) is 2.93. The molecule has 0 radical (unpaired) electrons. The van der Waals surface area contributed by atoms with E-state index >= 15 is 0 Å². The molecule has 6 heteroatoms. The van der Waals surface area contributed by atoms with Gasteiger partial charge in [0.1, 0.15) is 0 Å². The van der Waals surface area contributed by atoms with Gasteiger partial charge in [0.2, 0.25) is 0 Å². The summed E-state index contributed by atoms with van der Waals surface area (Å²) in [7, 11) is -2.55. The van der Waals surface area contributed by atoms with Crippen molar-refractivity contribution in [3.8, 4) is 11.8 Å². The Morgan fingerprint density at radius 1 is 1.40 bits per heavy atom. The summed E-state index contributed by atoms with van der Waals surface area (Å²) in [5, 5.41) is 0. The molecular weight excluding hydrogens is 220 g/mol. The summed E-state index contributed by atoms with van der Waals surface area (Å²) in [5.41, 5.74) is 0. The van der Waals surface area contributed by atoms with E-state index in [1.165, 1.54) is 0 Å². The standard InChI is InChI=1S/C9H14O5S/c1-5-6-7(2)8(9(10)13-3)14-15(4,11)12/h7-8H,1-4H3/t7-,8+/m0/s1. The molecule has 0 aromatic heterocycles. The van der Waals surface area contributed by atoms with Gasteiger partial charge in [-0.2, -0.15) is 8.42 Å². The van der Waals surface area contributed by atoms with Gasteiger partial charge >= 0.3 is 5.97 Å². The lowest BCUT2D eigenvalue weighted by molar-refractivity contribution is -0.150. The maximum absolute atomic E-state index is 11.2. The molecule has 0 aliphatic heterocycles. The minimum absolute atomic E-state index is 0.544. The summed E-state index contributed by atoms with van der Waals surface area (Å²) < 4.78 is 30.8. The Hall–Kier alpha value is -1.06. The third kappa shape index (κ3) is 5.40. The number of carbonyl (C=O) groups excluding carboxylic acids is 1. The highest BCUT2D eigenvalue weighted by atomic mass is 32.2. The summed E-state index contributed by atoms with van der Waals surface area (Å²) in [6, 6.07) is 0. The van der Waals surface area contributed by atoms with Crippen molar-refractivity contribution in [2.24, 2.45) is 5.92 Å². The number of hydrogen-bond acceptors (Lipinski definition) is 5. The van der Waals surface area contributed by atoms with E-state index in [-0.39, 0.29) is 0 Å². The van der Waals surface area contributed by atoms with Crippen molar-refractivity contribution >= 4 is 16.1 Å². The first kappa shape index (κ1) is 13.9. The van der Waals surface area contributed by atoms with Gasteiger partial charge in [0.15, 0.2) is 6.10 Å². The van der Waals surface area contributed by atoms with Gasteiger partial charge in [-0.3, -0.25) is 4.18 Å². The van der Waals surface area contributed by atoms with E-state index in [4.69, 9.17) is 0 Å². The molecule has 0 fully saturated rings. The van der Waals surface area contributed by atoms with Crippen LogP contribution in [0.3, 0.4) is 0 Å². The Kier molecular flexibility index (Phi) is 5.33. The molecule has 0 rings (SSSR count). The average molecular weight is 234 g/mol. The van der Waals surface area contributed by atoms with Gasteiger partial charge in [-0.25, -0.2) is 4.79 Å². The summed E-state index contributed by atoms with van der Waals surface area (Å²) in [5.74, 6) is 3.92. The fourth-order valence-corrected chi connectivity index (χ4v) is 1.56. The molecule has 0 amide bonds. The Balaban J connectivity index is 4.87. The number of carbonyl (C=O) groups is 1. The van der Waals surface area contributed by atoms with Crippen molar-refractivity contribution in [1.82, 2.24) is 0 Å². The van der Waals surface area contributed by atoms with Crippen LogP contribution < -0.4 is 0 Å². The van der Waals surface area contributed by atoms with Crippen LogP contribution >= 0.6 is 0 Å². The summed E-state index contributed by atoms with van der Waals surface area (Å²) >= 11 is 0. The van der Waals surface area contributed by atoms with E-state index in [9.17, 15) is 13.2 Å². The number of methoxy groups -OCH3 is 1. The fraction of sp³-hybridized carbons (Fsp3) is 0.667. The largest absolute Gasteiger partial charge is 0.467 e. The molecule has 2 atom stereocenters. The van der Waals surface area contributed by atoms with Crippen LogP contribution in [-0.2, 0) is 23.8 Å². The van der Waals surface area contributed by atoms with Crippen LogP contribution in [0.4, 0.5) is 0 Å². The van der Waals surface area contributed by atoms with Gasteiger partial charge < -0.3 is 4.74 Å². The zero-order valence-electron chi connectivity index (χ0n) is 9.10. The first-order valence-corrected chi connectivity index (χ1v) is 6.01. The Bertz CT molecular complexity index is 373. The number of rotatable bonds is 4. The molecule has 0 aromatic rings. The van der Waals surface area contributed by atoms with Gasteiger partial charge in [-0.1, -0.05) is 5.92 Å². The van der Waals surface area contributed by atoms with Gasteiger partial charge in [0.25, 0.3) is 10.1 Å². The molecule has 0 heterocycles. The quantitative estimate of drug-likeness (QED) is 0.394. The summed E-state index contributed by atoms with van der Waals surface area (Å²) in [4.78, 5) is 11.2. The molecule has 0 saturated heterocycles. The van der Waals surface area contributed by atoms with Crippen LogP contribution in [0, 0.1) is 17.8 Å². The van der Waals surface area contributed by atoms with Crippen molar-refractivity contribution in [1.29, 1.82) is 0 Å². The Morgan fingerprint density at radius 3 is 2.27 bits per heavy atom. The van der Waals surface area contributed by atoms with Crippen molar-refractivity contribution in [2.45, 2.75) is 20.0 Å². The molecule has 86 valence electrons. The highest BCUT2D eigenvalue weighted by Gasteiger charge is 2.29. The zero-order chi connectivity index (χ0) is 12.1. The van der Waals surface area contributed by atoms with Gasteiger partial charge in [0, 0.05) is 0 Å². The van der Waals surface area contributed by atoms with Crippen LogP contribution in [0.25, 0.3) is 0 Å². The van der Waals surface area contributed by atoms with Crippen LogP contribution in [0.1, 0.15) is 13.8 Å². The minimum atomic E-state index is -3.71. The fourth-order valence-electron chi connectivity index (χ4n) is 0.935. The summed E-state index contributed by atoms with van der Waals surface area (Å²) in [6.07, 6.45) is -0.341. The molecule has 0 spiro atoms. The third-order valence-corrected chi connectivity index (χ3v) is 2.10. The maximum atomic E-state index is 11.2. The van der Waals surface area contributed by atoms with Crippen LogP contribution in [-0.4, -0.2) is 33.9 Å². The summed E-state index contributed by atoms with van der Waals surface area (Å²) in [6.45, 7) is 3.18. The molecule has 0 unspecified atom stereocenters. The van der Waals surface area contributed by atoms with E-state index in [0.29, 0.717) is 0 Å². The average Bonchev–Trinajstić information content (AvgIpc) is 2.12. The molecule has 0 aliphatic carbocycles. The second kappa shape index (κ2) is 5.73. The van der Waals surface area contributed by atoms with Gasteiger partial charge in [0.05, 0.1) is 19.3 Å². The lowest BCUT2D eigenvalue weighted by Crippen LogP contribution is -2.33. The first-order chi connectivity index (χ1) is 6.81. The van der Waals surface area contributed by atoms with Gasteiger partial charge in [-0.15, -0.1) is 5.92 Å². The van der Waals surface area contributed by atoms with Crippen LogP contribution in [0.5, 0.6) is 0 Å². The van der Waals surface area contributed by atoms with E-state index in [1.54, 1.807) is 13.8 Å². The van der Waals surface area contributed by atoms with Crippen molar-refractivity contribution < 1.29 is 22.1 Å². The lowest BCUT2D eigenvalue weighted by atomic mass is 10.1. The van der Waals surface area contributed by atoms with Gasteiger partial charge in [-0.05, 0) is 13.8 Å². The molecule has 5 nitrogen and oxygen atoms in total. The Morgan fingerprint density at radius 2 is 1.93 bits per heavy atom. The van der Waals surface area contributed by atoms with Crippen LogP contribution in [0.2, 0.25) is 0 Å². The molecule has 0 N–H and O–H groups in total. The van der Waals surface area contributed by atoms with Crippen molar-refractivity contribution in [3.05, 3.63) is 0 Å². The molecule has 0 aliphatic rings. The highest BCUT2D eigenvalue weighted by Crippen LogP contribution is 2.11.